The Morgan fingerprint density at radius 3 is 2.85 bits per heavy atom. The van der Waals surface area contributed by atoms with E-state index in [9.17, 15) is 4.39 Å². The first kappa shape index (κ1) is 13.8. The molecule has 20 heavy (non-hydrogen) atoms. The van der Waals surface area contributed by atoms with Crippen LogP contribution in [0.4, 0.5) is 4.39 Å². The summed E-state index contributed by atoms with van der Waals surface area (Å²) in [5.74, 6) is 0.393. The predicted molar refractivity (Wildman–Crippen MR) is 77.3 cm³/mol. The molecule has 0 bridgehead atoms. The fourth-order valence-corrected chi connectivity index (χ4v) is 3.50. The average Bonchev–Trinajstić information content (AvgIpc) is 2.41. The lowest BCUT2D eigenvalue weighted by molar-refractivity contribution is -0.0218. The highest BCUT2D eigenvalue weighted by Crippen LogP contribution is 2.43. The molecule has 0 radical (unpaired) electrons. The zero-order valence-corrected chi connectivity index (χ0v) is 12.1. The van der Waals surface area contributed by atoms with Gasteiger partial charge in [-0.15, -0.1) is 0 Å². The van der Waals surface area contributed by atoms with E-state index in [0.717, 1.165) is 44.5 Å². The van der Waals surface area contributed by atoms with Crippen molar-refractivity contribution in [3.05, 3.63) is 29.6 Å². The molecule has 110 valence electrons. The fourth-order valence-electron chi connectivity index (χ4n) is 3.50. The molecule has 2 aliphatic rings. The zero-order chi connectivity index (χ0) is 14.2. The maximum Gasteiger partial charge on any atom is 0.127 e. The summed E-state index contributed by atoms with van der Waals surface area (Å²) in [4.78, 5) is 2.47. The van der Waals surface area contributed by atoms with Crippen LogP contribution in [0.15, 0.2) is 18.2 Å². The molecular weight excluding hydrogens is 255 g/mol. The van der Waals surface area contributed by atoms with Crippen molar-refractivity contribution in [3.63, 3.8) is 0 Å². The predicted octanol–water partition coefficient (Wildman–Crippen LogP) is 2.85. The van der Waals surface area contributed by atoms with E-state index < -0.39 is 0 Å². The molecule has 1 atom stereocenters. The molecule has 2 aliphatic heterocycles. The van der Waals surface area contributed by atoms with Gasteiger partial charge in [0.1, 0.15) is 17.2 Å². The molecule has 3 nitrogen and oxygen atoms in total. The van der Waals surface area contributed by atoms with E-state index in [0.29, 0.717) is 5.75 Å². The molecule has 3 rings (SSSR count). The molecule has 0 saturated carbocycles. The number of piperidine rings is 1. The molecule has 1 aromatic carbocycles. The Balaban J connectivity index is 1.77. The van der Waals surface area contributed by atoms with Gasteiger partial charge < -0.3 is 15.4 Å². The standard InChI is InChI=1S/C16H23FN2O/c1-2-7-19-8-5-16(6-9-19)11-14(18)13-4-3-12(17)10-15(13)20-16/h3-4,10,14H,2,5-9,11,18H2,1H3/t14-/m1/s1. The van der Waals surface area contributed by atoms with E-state index in [1.54, 1.807) is 6.07 Å². The number of hydrogen-bond acceptors (Lipinski definition) is 3. The van der Waals surface area contributed by atoms with Crippen molar-refractivity contribution in [3.8, 4) is 5.75 Å². The third kappa shape index (κ3) is 2.54. The molecule has 1 spiro atoms. The van der Waals surface area contributed by atoms with Crippen molar-refractivity contribution in [1.82, 2.24) is 4.90 Å². The molecular formula is C16H23FN2O. The lowest BCUT2D eigenvalue weighted by atomic mass is 9.81. The van der Waals surface area contributed by atoms with Crippen molar-refractivity contribution < 1.29 is 9.13 Å². The maximum atomic E-state index is 13.4. The highest BCUT2D eigenvalue weighted by Gasteiger charge is 2.42. The average molecular weight is 278 g/mol. The second-order valence-corrected chi connectivity index (χ2v) is 6.12. The van der Waals surface area contributed by atoms with E-state index in [1.165, 1.54) is 18.6 Å². The monoisotopic (exact) mass is 278 g/mol. The van der Waals surface area contributed by atoms with Crippen LogP contribution in [0.2, 0.25) is 0 Å². The van der Waals surface area contributed by atoms with Crippen LogP contribution in [0.1, 0.15) is 44.2 Å². The van der Waals surface area contributed by atoms with Gasteiger partial charge in [-0.3, -0.25) is 0 Å². The van der Waals surface area contributed by atoms with Crippen molar-refractivity contribution in [2.24, 2.45) is 5.73 Å². The number of hydrogen-bond donors (Lipinski definition) is 1. The van der Waals surface area contributed by atoms with Crippen LogP contribution in [0.5, 0.6) is 5.75 Å². The largest absolute Gasteiger partial charge is 0.487 e. The van der Waals surface area contributed by atoms with E-state index in [-0.39, 0.29) is 17.5 Å². The van der Waals surface area contributed by atoms with Gasteiger partial charge >= 0.3 is 0 Å². The Morgan fingerprint density at radius 2 is 2.15 bits per heavy atom. The summed E-state index contributed by atoms with van der Waals surface area (Å²) in [5.41, 5.74) is 7.03. The van der Waals surface area contributed by atoms with Gasteiger partial charge in [0.15, 0.2) is 0 Å². The molecule has 2 N–H and O–H groups in total. The molecule has 2 heterocycles. The summed E-state index contributed by atoms with van der Waals surface area (Å²) >= 11 is 0. The van der Waals surface area contributed by atoms with Gasteiger partial charge in [0.25, 0.3) is 0 Å². The first-order valence-corrected chi connectivity index (χ1v) is 7.58. The first-order valence-electron chi connectivity index (χ1n) is 7.58. The molecule has 0 aliphatic carbocycles. The van der Waals surface area contributed by atoms with E-state index in [1.807, 2.05) is 0 Å². The number of rotatable bonds is 2. The van der Waals surface area contributed by atoms with Gasteiger partial charge in [0.05, 0.1) is 0 Å². The van der Waals surface area contributed by atoms with Gasteiger partial charge in [-0.2, -0.15) is 0 Å². The number of halogens is 1. The van der Waals surface area contributed by atoms with Crippen LogP contribution in [0.3, 0.4) is 0 Å². The van der Waals surface area contributed by atoms with Gasteiger partial charge in [0.2, 0.25) is 0 Å². The zero-order valence-electron chi connectivity index (χ0n) is 12.1. The van der Waals surface area contributed by atoms with Crippen LogP contribution < -0.4 is 10.5 Å². The molecule has 0 aromatic heterocycles. The molecule has 1 aromatic rings. The first-order chi connectivity index (χ1) is 9.62. The molecule has 0 unspecified atom stereocenters. The quantitative estimate of drug-likeness (QED) is 0.904. The Morgan fingerprint density at radius 1 is 1.40 bits per heavy atom. The summed E-state index contributed by atoms with van der Waals surface area (Å²) in [7, 11) is 0. The Hall–Kier alpha value is -1.13. The van der Waals surface area contributed by atoms with Gasteiger partial charge in [0, 0.05) is 37.2 Å². The minimum atomic E-state index is -0.253. The third-order valence-corrected chi connectivity index (χ3v) is 4.60. The van der Waals surface area contributed by atoms with Gasteiger partial charge in [-0.05, 0) is 31.9 Å². The van der Waals surface area contributed by atoms with E-state index in [4.69, 9.17) is 10.5 Å². The maximum absolute atomic E-state index is 13.4. The van der Waals surface area contributed by atoms with Gasteiger partial charge in [-0.25, -0.2) is 4.39 Å². The minimum Gasteiger partial charge on any atom is -0.487 e. The molecule has 0 amide bonds. The Kier molecular flexibility index (Phi) is 3.69. The highest BCUT2D eigenvalue weighted by molar-refractivity contribution is 5.39. The van der Waals surface area contributed by atoms with Crippen LogP contribution in [0, 0.1) is 5.82 Å². The van der Waals surface area contributed by atoms with Crippen LogP contribution >= 0.6 is 0 Å². The summed E-state index contributed by atoms with van der Waals surface area (Å²) in [6.45, 7) is 5.44. The summed E-state index contributed by atoms with van der Waals surface area (Å²) in [6.07, 6.45) is 3.99. The highest BCUT2D eigenvalue weighted by atomic mass is 19.1. The molecule has 4 heteroatoms. The third-order valence-electron chi connectivity index (χ3n) is 4.60. The van der Waals surface area contributed by atoms with Crippen molar-refractivity contribution in [2.75, 3.05) is 19.6 Å². The van der Waals surface area contributed by atoms with E-state index >= 15 is 0 Å². The number of fused-ring (bicyclic) bond motifs is 1. The minimum absolute atomic E-state index is 0.0444. The fraction of sp³-hybridized carbons (Fsp3) is 0.625. The summed E-state index contributed by atoms with van der Waals surface area (Å²) in [6, 6.07) is 4.66. The lowest BCUT2D eigenvalue weighted by Crippen LogP contribution is -2.51. The summed E-state index contributed by atoms with van der Waals surface area (Å²) in [5, 5.41) is 0. The van der Waals surface area contributed by atoms with Gasteiger partial charge in [-0.1, -0.05) is 13.0 Å². The Labute approximate surface area is 119 Å². The second kappa shape index (κ2) is 5.34. The van der Waals surface area contributed by atoms with Crippen LogP contribution in [-0.4, -0.2) is 30.1 Å². The van der Waals surface area contributed by atoms with Crippen molar-refractivity contribution in [1.29, 1.82) is 0 Å². The lowest BCUT2D eigenvalue weighted by Gasteiger charge is -2.46. The van der Waals surface area contributed by atoms with Crippen LogP contribution in [-0.2, 0) is 0 Å². The number of ether oxygens (including phenoxy) is 1. The number of nitrogens with zero attached hydrogens (tertiary/aromatic N) is 1. The molecule has 1 saturated heterocycles. The number of likely N-dealkylation sites (tertiary alicyclic amines) is 1. The Bertz CT molecular complexity index is 483. The topological polar surface area (TPSA) is 38.5 Å². The van der Waals surface area contributed by atoms with Crippen molar-refractivity contribution >= 4 is 0 Å². The second-order valence-electron chi connectivity index (χ2n) is 6.12. The SMILES string of the molecule is CCCN1CCC2(CC1)C[C@@H](N)c1ccc(F)cc1O2. The van der Waals surface area contributed by atoms with Crippen molar-refractivity contribution in [2.45, 2.75) is 44.2 Å². The normalized spacial score (nSPS) is 25.2. The number of benzene rings is 1. The van der Waals surface area contributed by atoms with Crippen LogP contribution in [0.25, 0.3) is 0 Å². The number of nitrogens with two attached hydrogens (primary N) is 1. The smallest absolute Gasteiger partial charge is 0.127 e. The summed E-state index contributed by atoms with van der Waals surface area (Å²) < 4.78 is 19.6. The van der Waals surface area contributed by atoms with E-state index in [2.05, 4.69) is 11.8 Å². The molecule has 1 fully saturated rings.